The van der Waals surface area contributed by atoms with E-state index in [4.69, 9.17) is 18.9 Å². The zero-order valence-electron chi connectivity index (χ0n) is 97.6. The molecule has 838 valence electrons. The van der Waals surface area contributed by atoms with Crippen LogP contribution in [-0.4, -0.2) is 607 Å². The SMILES string of the molecule is CC(C)N1CCC(C(=O)N2CCN(C)CC2)CC1.CC(C)N1CCC(CN2CCN(C)CC2)CC1.CC(C)N1CCC(OC2CCN(C)CC2)CC1.CC(C)N1CCN(C(=O)N2CCN(C)CC2)CC1.CC(C)N1CCN(CCN2CCN(C)CC2)CC1.CC(C)NCCCN1CCOC2(CCN(C)CC2)C1.CC(C)NCCN1CCOC2(CCN(C)CC2)C1.CCN1CCC(OC2CCN(C(C)C)CC2)CC1. The molecule has 0 aromatic carbocycles. The summed E-state index contributed by atoms with van der Waals surface area (Å²) in [4.78, 5) is 78.5. The van der Waals surface area contributed by atoms with Crippen molar-refractivity contribution in [3.8, 4) is 0 Å². The first-order valence-electron chi connectivity index (χ1n) is 59.4. The van der Waals surface area contributed by atoms with Crippen LogP contribution in [0.1, 0.15) is 227 Å². The number of hydrogen-bond donors (Lipinski definition) is 2. The summed E-state index contributed by atoms with van der Waals surface area (Å²) in [5.74, 6) is 1.64. The highest BCUT2D eigenvalue weighted by molar-refractivity contribution is 5.79. The highest BCUT2D eigenvalue weighted by atomic mass is 16.5. The van der Waals surface area contributed by atoms with Gasteiger partial charge in [0.2, 0.25) is 5.91 Å². The van der Waals surface area contributed by atoms with Gasteiger partial charge < -0.3 is 108 Å². The molecule has 30 heteroatoms. The van der Waals surface area contributed by atoms with Crippen molar-refractivity contribution < 1.29 is 28.5 Å². The maximum atomic E-state index is 12.4. The molecule has 0 bridgehead atoms. The molecule has 2 spiro atoms. The summed E-state index contributed by atoms with van der Waals surface area (Å²) in [6.07, 6.45) is 22.9. The molecule has 16 heterocycles. The Kier molecular flexibility index (Phi) is 58.0. The third-order valence-corrected chi connectivity index (χ3v) is 34.9. The highest BCUT2D eigenvalue weighted by Crippen LogP contribution is 2.33. The Morgan fingerprint density at radius 1 is 0.287 bits per heavy atom. The van der Waals surface area contributed by atoms with Crippen molar-refractivity contribution in [3.05, 3.63) is 0 Å². The lowest BCUT2D eigenvalue weighted by atomic mass is 9.89. The van der Waals surface area contributed by atoms with Gasteiger partial charge in [0.25, 0.3) is 0 Å². The predicted octanol–water partition coefficient (Wildman–Crippen LogP) is 9.16. The number of nitrogens with one attached hydrogen (secondary N) is 2. The maximum Gasteiger partial charge on any atom is 0.320 e. The number of hydrogen-bond acceptors (Lipinski definition) is 27. The number of amides is 3. The lowest BCUT2D eigenvalue weighted by Gasteiger charge is -2.46. The summed E-state index contributed by atoms with van der Waals surface area (Å²) >= 11 is 0. The first-order valence-corrected chi connectivity index (χ1v) is 59.4. The summed E-state index contributed by atoms with van der Waals surface area (Å²) in [6, 6.07) is 5.47. The van der Waals surface area contributed by atoms with E-state index in [-0.39, 0.29) is 23.2 Å². The fourth-order valence-corrected chi connectivity index (χ4v) is 23.7. The number of piperazine rings is 6. The van der Waals surface area contributed by atoms with Crippen LogP contribution in [0.4, 0.5) is 4.79 Å². The minimum absolute atomic E-state index is 0.155. The molecule has 30 nitrogen and oxygen atoms in total. The molecule has 0 unspecified atom stereocenters. The molecule has 3 amide bonds. The van der Waals surface area contributed by atoms with Gasteiger partial charge in [-0.2, -0.15) is 0 Å². The Morgan fingerprint density at radius 3 is 0.958 bits per heavy atom. The molecule has 2 N–H and O–H groups in total. The third-order valence-electron chi connectivity index (χ3n) is 34.9. The van der Waals surface area contributed by atoms with Crippen molar-refractivity contribution in [2.75, 3.05) is 403 Å². The van der Waals surface area contributed by atoms with Crippen LogP contribution in [-0.2, 0) is 23.7 Å². The standard InChI is InChI=1S/C15H31N3O.C15H30N2O.C14H30N4.C14H29N3O.C14H27N3O.C14H29N3.C14H28N2O.C13H26N4O/c1-14(2)16-7-4-8-18-11-12-19-15(13-18)5-9-17(3)10-6-15;1-4-16-9-5-14(6-10-16)18-15-7-11-17(12-8-15)13(2)3;1-14(2)18-12-10-17(11-13-18)9-8-16-6-4-15(3)5-7-16;1-13(2)15-6-9-17-10-11-18-14(12-17)4-7-16(3)8-5-14;1-12(2)16-6-4-13(5-7-16)14(18)17-10-8-15(3)9-11-17;1-13(2)17-6-4-14(5-7-17)12-16-10-8-15(3)9-11-16;1-12(2)16-10-6-14(7-11-16)17-13-4-8-15(3)9-5-13;1-12(2)15-8-10-17(11-9-15)13(18)16-6-4-14(3)5-7-16/h14,16H,4-13H2,1-3H3;13-15H,4-12H2,1-3H3;14H,4-13H2,1-3H3;13,15H,4-12H2,1-3H3;12-13H,4-11H2,1-3H3;13-14H,4-12H2,1-3H3;12-14H,4-11H2,1-3H3;12H,4-11H2,1-3H3. The van der Waals surface area contributed by atoms with Gasteiger partial charge in [-0.25, -0.2) is 4.79 Å². The minimum atomic E-state index is 0.155. The van der Waals surface area contributed by atoms with Crippen LogP contribution < -0.4 is 10.6 Å². The van der Waals surface area contributed by atoms with Gasteiger partial charge in [-0.3, -0.25) is 34.2 Å². The largest absolute Gasteiger partial charge is 0.375 e. The smallest absolute Gasteiger partial charge is 0.320 e. The van der Waals surface area contributed by atoms with Gasteiger partial charge in [-0.15, -0.1) is 0 Å². The van der Waals surface area contributed by atoms with Crippen LogP contribution in [0.3, 0.4) is 0 Å². The van der Waals surface area contributed by atoms with Gasteiger partial charge in [0.1, 0.15) is 0 Å². The van der Waals surface area contributed by atoms with Crippen molar-refractivity contribution in [2.45, 2.75) is 311 Å². The van der Waals surface area contributed by atoms with Gasteiger partial charge in [0, 0.05) is 349 Å². The van der Waals surface area contributed by atoms with Gasteiger partial charge in [-0.05, 0) is 293 Å². The molecular formula is C113H230N24O6. The number of nitrogens with zero attached hydrogens (tertiary/aromatic N) is 22. The van der Waals surface area contributed by atoms with Crippen LogP contribution >= 0.6 is 0 Å². The van der Waals surface area contributed by atoms with Crippen LogP contribution in [0.2, 0.25) is 0 Å². The van der Waals surface area contributed by atoms with E-state index in [2.05, 4.69) is 276 Å². The summed E-state index contributed by atoms with van der Waals surface area (Å²) in [5.41, 5.74) is 0.318. The number of carbonyl (C=O) groups is 2. The number of likely N-dealkylation sites (tertiary alicyclic amines) is 8. The molecule has 143 heavy (non-hydrogen) atoms. The number of urea groups is 1. The normalized spacial score (nSPS) is 25.7. The zero-order chi connectivity index (χ0) is 103. The Labute approximate surface area is 879 Å². The van der Waals surface area contributed by atoms with Crippen molar-refractivity contribution >= 4 is 11.9 Å². The first-order chi connectivity index (χ1) is 68.5. The number of piperidine rings is 8. The van der Waals surface area contributed by atoms with Crippen molar-refractivity contribution in [1.29, 1.82) is 0 Å². The Morgan fingerprint density at radius 2 is 0.580 bits per heavy atom. The van der Waals surface area contributed by atoms with E-state index in [0.29, 0.717) is 72.6 Å². The Bertz CT molecular complexity index is 3100. The Hall–Kier alpha value is -2.26. The maximum absolute atomic E-state index is 12.4. The fourth-order valence-electron chi connectivity index (χ4n) is 23.7. The predicted molar refractivity (Wildman–Crippen MR) is 599 cm³/mol. The topological polar surface area (TPSA) is 166 Å². The van der Waals surface area contributed by atoms with E-state index in [1.165, 1.54) is 299 Å². The average Bonchev–Trinajstić information content (AvgIpc) is 0.810. The Balaban J connectivity index is 0.000000182. The number of morpholine rings is 2. The molecule has 0 aromatic heterocycles. The monoisotopic (exact) mass is 2020 g/mol. The molecule has 16 saturated heterocycles. The second kappa shape index (κ2) is 66.8. The third kappa shape index (κ3) is 46.9. The first kappa shape index (κ1) is 124. The van der Waals surface area contributed by atoms with E-state index >= 15 is 0 Å². The molecule has 0 aromatic rings. The molecule has 0 saturated carbocycles. The highest BCUT2D eigenvalue weighted by Gasteiger charge is 2.42. The van der Waals surface area contributed by atoms with E-state index in [0.717, 1.165) is 175 Å². The fraction of sp³-hybridized carbons (Fsp3) is 0.982. The second-order valence-electron chi connectivity index (χ2n) is 48.9. The number of ether oxygens (including phenoxy) is 4. The molecule has 16 aliphatic rings. The number of carbonyl (C=O) groups excluding carboxylic acids is 2. The lowest BCUT2D eigenvalue weighted by Crippen LogP contribution is -2.57. The van der Waals surface area contributed by atoms with Crippen LogP contribution in [0.25, 0.3) is 0 Å². The summed E-state index contributed by atoms with van der Waals surface area (Å²) in [7, 11) is 15.3. The summed E-state index contributed by atoms with van der Waals surface area (Å²) in [6.45, 7) is 100. The van der Waals surface area contributed by atoms with E-state index in [1.54, 1.807) is 0 Å². The zero-order valence-corrected chi connectivity index (χ0v) is 97.6. The molecule has 0 aliphatic carbocycles. The van der Waals surface area contributed by atoms with Crippen LogP contribution in [0.15, 0.2) is 0 Å². The van der Waals surface area contributed by atoms with Crippen molar-refractivity contribution in [1.82, 2.24) is 118 Å². The second-order valence-corrected chi connectivity index (χ2v) is 48.9. The van der Waals surface area contributed by atoms with Gasteiger partial charge in [0.15, 0.2) is 0 Å². The molecule has 0 radical (unpaired) electrons. The van der Waals surface area contributed by atoms with E-state index in [9.17, 15) is 9.59 Å². The van der Waals surface area contributed by atoms with E-state index in [1.807, 2.05) is 9.80 Å². The average molecular weight is 2020 g/mol. The summed E-state index contributed by atoms with van der Waals surface area (Å²) in [5, 5.41) is 7.00. The number of likely N-dealkylation sites (N-methyl/N-ethyl adjacent to an activating group) is 4. The van der Waals surface area contributed by atoms with Crippen molar-refractivity contribution in [2.24, 2.45) is 11.8 Å². The summed E-state index contributed by atoms with van der Waals surface area (Å²) < 4.78 is 24.8. The van der Waals surface area contributed by atoms with Gasteiger partial charge in [-0.1, -0.05) is 34.6 Å². The van der Waals surface area contributed by atoms with Crippen LogP contribution in [0.5, 0.6) is 0 Å². The molecule has 0 atom stereocenters. The quantitative estimate of drug-likeness (QED) is 0.0787. The minimum Gasteiger partial charge on any atom is -0.375 e. The number of rotatable bonds is 26. The van der Waals surface area contributed by atoms with Gasteiger partial charge in [0.05, 0.1) is 48.8 Å². The molecule has 16 rings (SSSR count). The van der Waals surface area contributed by atoms with Crippen LogP contribution in [0, 0.1) is 11.8 Å². The molecule has 16 fully saturated rings. The van der Waals surface area contributed by atoms with Gasteiger partial charge >= 0.3 is 6.03 Å². The van der Waals surface area contributed by atoms with E-state index < -0.39 is 0 Å². The lowest BCUT2D eigenvalue weighted by molar-refractivity contribution is -0.138. The molecular weight excluding hydrogens is 1790 g/mol. The van der Waals surface area contributed by atoms with Crippen molar-refractivity contribution in [3.63, 3.8) is 0 Å². The molecule has 16 aliphatic heterocycles.